The van der Waals surface area contributed by atoms with Crippen LogP contribution >= 0.6 is 0 Å². The van der Waals surface area contributed by atoms with E-state index in [1.54, 1.807) is 0 Å². The topological polar surface area (TPSA) is 41.6 Å². The van der Waals surface area contributed by atoms with E-state index in [4.69, 9.17) is 4.74 Å². The Labute approximate surface area is 105 Å². The molecule has 0 aromatic rings. The molecule has 1 aliphatic rings. The van der Waals surface area contributed by atoms with Crippen molar-refractivity contribution in [1.29, 1.82) is 0 Å². The predicted molar refractivity (Wildman–Crippen MR) is 69.0 cm³/mol. The zero-order chi connectivity index (χ0) is 12.5. The summed E-state index contributed by atoms with van der Waals surface area (Å²) in [7, 11) is 1.92. The summed E-state index contributed by atoms with van der Waals surface area (Å²) in [4.78, 5) is 14.0. The molecule has 0 bridgehead atoms. The summed E-state index contributed by atoms with van der Waals surface area (Å²) in [5, 5.41) is 3.07. The fraction of sp³-hybridized carbons (Fsp3) is 0.923. The summed E-state index contributed by atoms with van der Waals surface area (Å²) in [5.74, 6) is 0.846. The maximum absolute atomic E-state index is 11.9. The second-order valence-electron chi connectivity index (χ2n) is 4.71. The standard InChI is InChI=1S/C13H26N2O2/c1-3-17-11-12-6-5-9-15(10-12)13(16)7-4-8-14-2/h12,14H,3-11H2,1-2H3. The highest BCUT2D eigenvalue weighted by Crippen LogP contribution is 2.17. The van der Waals surface area contributed by atoms with Crippen molar-refractivity contribution in [3.05, 3.63) is 0 Å². The van der Waals surface area contributed by atoms with E-state index in [0.29, 0.717) is 18.2 Å². The number of amides is 1. The minimum Gasteiger partial charge on any atom is -0.381 e. The summed E-state index contributed by atoms with van der Waals surface area (Å²) in [6, 6.07) is 0. The Hall–Kier alpha value is -0.610. The first-order valence-electron chi connectivity index (χ1n) is 6.78. The highest BCUT2D eigenvalue weighted by Gasteiger charge is 2.23. The zero-order valence-corrected chi connectivity index (χ0v) is 11.2. The second-order valence-corrected chi connectivity index (χ2v) is 4.71. The van der Waals surface area contributed by atoms with Crippen LogP contribution in [0.2, 0.25) is 0 Å². The molecule has 1 saturated heterocycles. The Bertz CT molecular complexity index is 221. The number of likely N-dealkylation sites (tertiary alicyclic amines) is 1. The number of ether oxygens (including phenoxy) is 1. The molecule has 1 unspecified atom stereocenters. The molecule has 1 heterocycles. The van der Waals surface area contributed by atoms with Gasteiger partial charge in [-0.1, -0.05) is 0 Å². The lowest BCUT2D eigenvalue weighted by Crippen LogP contribution is -2.41. The van der Waals surface area contributed by atoms with Gasteiger partial charge in [0.1, 0.15) is 0 Å². The molecule has 0 radical (unpaired) electrons. The van der Waals surface area contributed by atoms with Gasteiger partial charge in [-0.3, -0.25) is 4.79 Å². The summed E-state index contributed by atoms with van der Waals surface area (Å²) < 4.78 is 5.45. The number of rotatable bonds is 7. The van der Waals surface area contributed by atoms with Crippen molar-refractivity contribution in [1.82, 2.24) is 10.2 Å². The van der Waals surface area contributed by atoms with Crippen molar-refractivity contribution in [2.75, 3.05) is 39.9 Å². The van der Waals surface area contributed by atoms with Gasteiger partial charge in [0, 0.05) is 26.1 Å². The number of hydrogen-bond donors (Lipinski definition) is 1. The SMILES string of the molecule is CCOCC1CCCN(C(=O)CCCNC)C1. The van der Waals surface area contributed by atoms with E-state index in [0.717, 1.165) is 45.7 Å². The number of piperidine rings is 1. The van der Waals surface area contributed by atoms with Crippen LogP contribution in [0, 0.1) is 5.92 Å². The molecule has 1 rings (SSSR count). The molecule has 0 aromatic carbocycles. The Kier molecular flexibility index (Phi) is 7.21. The van der Waals surface area contributed by atoms with Crippen molar-refractivity contribution in [3.8, 4) is 0 Å². The molecule has 0 saturated carbocycles. The van der Waals surface area contributed by atoms with E-state index in [9.17, 15) is 4.79 Å². The highest BCUT2D eigenvalue weighted by atomic mass is 16.5. The van der Waals surface area contributed by atoms with Gasteiger partial charge in [0.15, 0.2) is 0 Å². The first-order valence-corrected chi connectivity index (χ1v) is 6.78. The molecule has 1 fully saturated rings. The number of carbonyl (C=O) groups excluding carboxylic acids is 1. The van der Waals surface area contributed by atoms with Crippen molar-refractivity contribution in [2.24, 2.45) is 5.92 Å². The lowest BCUT2D eigenvalue weighted by Gasteiger charge is -2.32. The quantitative estimate of drug-likeness (QED) is 0.683. The van der Waals surface area contributed by atoms with Gasteiger partial charge in [-0.2, -0.15) is 0 Å². The van der Waals surface area contributed by atoms with Crippen LogP contribution in [0.3, 0.4) is 0 Å². The third-order valence-corrected chi connectivity index (χ3v) is 3.25. The molecule has 100 valence electrons. The van der Waals surface area contributed by atoms with Crippen LogP contribution in [0.15, 0.2) is 0 Å². The molecule has 4 nitrogen and oxygen atoms in total. The fourth-order valence-electron chi connectivity index (χ4n) is 2.29. The van der Waals surface area contributed by atoms with Gasteiger partial charge in [-0.15, -0.1) is 0 Å². The minimum absolute atomic E-state index is 0.307. The summed E-state index contributed by atoms with van der Waals surface area (Å²) in [6.45, 7) is 6.33. The Morgan fingerprint density at radius 1 is 1.53 bits per heavy atom. The number of carbonyl (C=O) groups is 1. The Morgan fingerprint density at radius 2 is 2.35 bits per heavy atom. The molecular weight excluding hydrogens is 216 g/mol. The lowest BCUT2D eigenvalue weighted by atomic mass is 9.98. The molecule has 0 aromatic heterocycles. The summed E-state index contributed by atoms with van der Waals surface area (Å²) in [5.41, 5.74) is 0. The van der Waals surface area contributed by atoms with E-state index in [1.807, 2.05) is 18.9 Å². The van der Waals surface area contributed by atoms with Crippen LogP contribution in [0.25, 0.3) is 0 Å². The molecule has 1 atom stereocenters. The normalized spacial score (nSPS) is 20.6. The smallest absolute Gasteiger partial charge is 0.222 e. The zero-order valence-electron chi connectivity index (χ0n) is 11.2. The molecule has 0 spiro atoms. The van der Waals surface area contributed by atoms with Gasteiger partial charge < -0.3 is 15.0 Å². The molecule has 1 amide bonds. The van der Waals surface area contributed by atoms with Crippen molar-refractivity contribution in [2.45, 2.75) is 32.6 Å². The average Bonchev–Trinajstić information content (AvgIpc) is 2.37. The average molecular weight is 242 g/mol. The van der Waals surface area contributed by atoms with Gasteiger partial charge in [-0.25, -0.2) is 0 Å². The van der Waals surface area contributed by atoms with Crippen LogP contribution in [0.5, 0.6) is 0 Å². The predicted octanol–water partition coefficient (Wildman–Crippen LogP) is 1.26. The van der Waals surface area contributed by atoms with Crippen molar-refractivity contribution in [3.63, 3.8) is 0 Å². The monoisotopic (exact) mass is 242 g/mol. The van der Waals surface area contributed by atoms with Crippen LogP contribution in [-0.2, 0) is 9.53 Å². The van der Waals surface area contributed by atoms with Crippen LogP contribution in [-0.4, -0.2) is 50.7 Å². The maximum atomic E-state index is 11.9. The molecule has 1 aliphatic heterocycles. The van der Waals surface area contributed by atoms with Gasteiger partial charge in [0.25, 0.3) is 0 Å². The Morgan fingerprint density at radius 3 is 3.06 bits per heavy atom. The Balaban J connectivity index is 2.25. The molecular formula is C13H26N2O2. The van der Waals surface area contributed by atoms with Crippen LogP contribution < -0.4 is 5.32 Å². The molecule has 1 N–H and O–H groups in total. The maximum Gasteiger partial charge on any atom is 0.222 e. The van der Waals surface area contributed by atoms with Crippen LogP contribution in [0.1, 0.15) is 32.6 Å². The van der Waals surface area contributed by atoms with Gasteiger partial charge in [-0.05, 0) is 45.7 Å². The van der Waals surface area contributed by atoms with Crippen molar-refractivity contribution >= 4 is 5.91 Å². The largest absolute Gasteiger partial charge is 0.381 e. The number of nitrogens with zero attached hydrogens (tertiary/aromatic N) is 1. The lowest BCUT2D eigenvalue weighted by molar-refractivity contribution is -0.133. The van der Waals surface area contributed by atoms with E-state index in [2.05, 4.69) is 5.32 Å². The van der Waals surface area contributed by atoms with E-state index < -0.39 is 0 Å². The molecule has 0 aliphatic carbocycles. The van der Waals surface area contributed by atoms with E-state index in [-0.39, 0.29) is 0 Å². The van der Waals surface area contributed by atoms with Crippen molar-refractivity contribution < 1.29 is 9.53 Å². The first kappa shape index (κ1) is 14.5. The van der Waals surface area contributed by atoms with Crippen LogP contribution in [0.4, 0.5) is 0 Å². The number of hydrogen-bond acceptors (Lipinski definition) is 3. The highest BCUT2D eigenvalue weighted by molar-refractivity contribution is 5.76. The van der Waals surface area contributed by atoms with Gasteiger partial charge in [0.05, 0.1) is 6.61 Å². The third-order valence-electron chi connectivity index (χ3n) is 3.25. The van der Waals surface area contributed by atoms with E-state index >= 15 is 0 Å². The van der Waals surface area contributed by atoms with Gasteiger partial charge in [0.2, 0.25) is 5.91 Å². The van der Waals surface area contributed by atoms with E-state index in [1.165, 1.54) is 6.42 Å². The number of nitrogens with one attached hydrogen (secondary N) is 1. The second kappa shape index (κ2) is 8.48. The minimum atomic E-state index is 0.307. The fourth-order valence-corrected chi connectivity index (χ4v) is 2.29. The molecule has 4 heteroatoms. The molecule has 17 heavy (non-hydrogen) atoms. The third kappa shape index (κ3) is 5.50. The first-order chi connectivity index (χ1) is 8.27. The summed E-state index contributed by atoms with van der Waals surface area (Å²) in [6.07, 6.45) is 3.92. The summed E-state index contributed by atoms with van der Waals surface area (Å²) >= 11 is 0. The van der Waals surface area contributed by atoms with Gasteiger partial charge >= 0.3 is 0 Å².